The highest BCUT2D eigenvalue weighted by Gasteiger charge is 2.37. The molecular formula is C27H27N5O4S. The van der Waals surface area contributed by atoms with E-state index in [2.05, 4.69) is 10.1 Å². The van der Waals surface area contributed by atoms with Crippen molar-refractivity contribution in [2.75, 3.05) is 19.7 Å². The zero-order valence-electron chi connectivity index (χ0n) is 20.3. The molecule has 1 atom stereocenters. The van der Waals surface area contributed by atoms with Gasteiger partial charge < -0.3 is 9.64 Å². The van der Waals surface area contributed by atoms with E-state index in [1.54, 1.807) is 21.7 Å². The lowest BCUT2D eigenvalue weighted by molar-refractivity contribution is -0.0932. The van der Waals surface area contributed by atoms with Crippen LogP contribution in [0.4, 0.5) is 0 Å². The van der Waals surface area contributed by atoms with Crippen LogP contribution in [0.1, 0.15) is 34.5 Å². The number of carbonyl (C=O) groups excluding carboxylic acids is 1. The minimum Gasteiger partial charge on any atom is -0.367 e. The van der Waals surface area contributed by atoms with E-state index in [0.29, 0.717) is 37.6 Å². The smallest absolute Gasteiger partial charge is 0.293 e. The van der Waals surface area contributed by atoms with Crippen molar-refractivity contribution in [1.29, 1.82) is 0 Å². The Kier molecular flexibility index (Phi) is 6.63. The monoisotopic (exact) mass is 517 g/mol. The van der Waals surface area contributed by atoms with E-state index in [1.807, 2.05) is 67.6 Å². The summed E-state index contributed by atoms with van der Waals surface area (Å²) < 4.78 is 31.0. The number of benzene rings is 3. The van der Waals surface area contributed by atoms with Crippen LogP contribution in [0.25, 0.3) is 5.69 Å². The maximum Gasteiger partial charge on any atom is 0.293 e. The third kappa shape index (κ3) is 5.31. The molecule has 1 saturated heterocycles. The highest BCUT2D eigenvalue weighted by molar-refractivity contribution is 7.89. The van der Waals surface area contributed by atoms with Gasteiger partial charge in [-0.1, -0.05) is 60.7 Å². The molecule has 37 heavy (non-hydrogen) atoms. The largest absolute Gasteiger partial charge is 0.367 e. The predicted molar refractivity (Wildman–Crippen MR) is 138 cm³/mol. The Balaban J connectivity index is 1.48. The fourth-order valence-electron chi connectivity index (χ4n) is 4.46. The number of hydrogen-bond acceptors (Lipinski definition) is 6. The summed E-state index contributed by atoms with van der Waals surface area (Å²) in [6, 6.07) is 25.6. The molecule has 190 valence electrons. The number of nitrogens with zero attached hydrogens (tertiary/aromatic N) is 4. The number of primary sulfonamides is 1. The topological polar surface area (TPSA) is 120 Å². The average Bonchev–Trinajstić information content (AvgIpc) is 3.32. The van der Waals surface area contributed by atoms with Crippen molar-refractivity contribution >= 4 is 15.9 Å². The third-order valence-electron chi connectivity index (χ3n) is 6.43. The van der Waals surface area contributed by atoms with Crippen molar-refractivity contribution in [3.05, 3.63) is 108 Å². The van der Waals surface area contributed by atoms with Gasteiger partial charge in [0.15, 0.2) is 0 Å². The minimum atomic E-state index is -3.84. The molecule has 0 saturated carbocycles. The number of morpholine rings is 1. The lowest BCUT2D eigenvalue weighted by Gasteiger charge is -2.40. The zero-order valence-corrected chi connectivity index (χ0v) is 21.1. The van der Waals surface area contributed by atoms with Crippen LogP contribution in [0.15, 0.2) is 89.8 Å². The molecule has 0 bridgehead atoms. The summed E-state index contributed by atoms with van der Waals surface area (Å²) in [6.07, 6.45) is 0.433. The van der Waals surface area contributed by atoms with Crippen molar-refractivity contribution in [2.24, 2.45) is 5.14 Å². The summed E-state index contributed by atoms with van der Waals surface area (Å²) >= 11 is 0. The van der Waals surface area contributed by atoms with Gasteiger partial charge >= 0.3 is 0 Å². The highest BCUT2D eigenvalue weighted by atomic mass is 32.2. The van der Waals surface area contributed by atoms with Crippen LogP contribution in [0, 0.1) is 0 Å². The molecule has 2 N–H and O–H groups in total. The van der Waals surface area contributed by atoms with Gasteiger partial charge in [0.1, 0.15) is 11.4 Å². The van der Waals surface area contributed by atoms with Crippen LogP contribution < -0.4 is 5.14 Å². The number of nitrogens with two attached hydrogens (primary N) is 1. The first kappa shape index (κ1) is 24.8. The highest BCUT2D eigenvalue weighted by Crippen LogP contribution is 2.30. The Labute approximate surface area is 215 Å². The number of amides is 1. The van der Waals surface area contributed by atoms with Crippen molar-refractivity contribution in [3.8, 4) is 5.69 Å². The Hall–Kier alpha value is -3.86. The summed E-state index contributed by atoms with van der Waals surface area (Å²) in [5.41, 5.74) is 1.92. The summed E-state index contributed by atoms with van der Waals surface area (Å²) in [7, 11) is -3.84. The van der Waals surface area contributed by atoms with Crippen LogP contribution in [-0.4, -0.2) is 53.7 Å². The molecule has 3 aromatic carbocycles. The fraction of sp³-hybridized carbons (Fsp3) is 0.222. The molecule has 1 amide bonds. The van der Waals surface area contributed by atoms with Gasteiger partial charge in [0.2, 0.25) is 15.8 Å². The lowest BCUT2D eigenvalue weighted by atomic mass is 9.94. The van der Waals surface area contributed by atoms with Gasteiger partial charge in [0, 0.05) is 13.0 Å². The summed E-state index contributed by atoms with van der Waals surface area (Å²) in [5, 5.41) is 9.80. The molecular weight excluding hydrogens is 490 g/mol. The molecule has 4 aromatic rings. The third-order valence-corrected chi connectivity index (χ3v) is 7.36. The molecule has 0 aliphatic carbocycles. The molecule has 1 aromatic heterocycles. The van der Waals surface area contributed by atoms with Crippen LogP contribution in [0.2, 0.25) is 0 Å². The lowest BCUT2D eigenvalue weighted by Crippen LogP contribution is -2.50. The summed E-state index contributed by atoms with van der Waals surface area (Å²) in [4.78, 5) is 19.9. The fourth-order valence-corrected chi connectivity index (χ4v) is 4.98. The van der Waals surface area contributed by atoms with Gasteiger partial charge in [-0.15, -0.1) is 5.10 Å². The molecule has 0 radical (unpaired) electrons. The van der Waals surface area contributed by atoms with Crippen LogP contribution in [0.5, 0.6) is 0 Å². The van der Waals surface area contributed by atoms with Gasteiger partial charge in [-0.2, -0.15) is 0 Å². The number of carbonyl (C=O) groups is 1. The van der Waals surface area contributed by atoms with Gasteiger partial charge in [-0.3, -0.25) is 4.79 Å². The number of sulfonamides is 1. The van der Waals surface area contributed by atoms with E-state index in [9.17, 15) is 13.2 Å². The van der Waals surface area contributed by atoms with Gasteiger partial charge in [-0.05, 0) is 42.3 Å². The minimum absolute atomic E-state index is 0.00853. The maximum atomic E-state index is 13.6. The number of ether oxygens (including phenoxy) is 1. The summed E-state index contributed by atoms with van der Waals surface area (Å²) in [5.74, 6) is 0.329. The second-order valence-electron chi connectivity index (χ2n) is 9.14. The van der Waals surface area contributed by atoms with Gasteiger partial charge in [-0.25, -0.2) is 23.2 Å². The van der Waals surface area contributed by atoms with E-state index in [-0.39, 0.29) is 16.6 Å². The molecule has 1 aliphatic rings. The van der Waals surface area contributed by atoms with Crippen molar-refractivity contribution < 1.29 is 17.9 Å². The first-order valence-corrected chi connectivity index (χ1v) is 13.4. The average molecular weight is 518 g/mol. The molecule has 2 heterocycles. The number of rotatable bonds is 6. The quantitative estimate of drug-likeness (QED) is 0.420. The van der Waals surface area contributed by atoms with Crippen LogP contribution in [-0.2, 0) is 26.8 Å². The number of aromatic nitrogens is 3. The standard InChI is InChI=1S/C27H27N5O4S/c1-27(21-10-6-3-7-11-21)19-31(16-17-36-27)26(33)25-29-24(18-20-8-4-2-5-9-20)32(30-25)22-12-14-23(15-13-22)37(28,34)35/h2-15H,16-19H2,1H3,(H2,28,34,35). The van der Waals surface area contributed by atoms with Crippen LogP contribution >= 0.6 is 0 Å². The Bertz CT molecular complexity index is 1510. The van der Waals surface area contributed by atoms with Crippen molar-refractivity contribution in [1.82, 2.24) is 19.7 Å². The molecule has 1 aliphatic heterocycles. The van der Waals surface area contributed by atoms with Gasteiger partial charge in [0.25, 0.3) is 5.91 Å². The first-order valence-electron chi connectivity index (χ1n) is 11.8. The van der Waals surface area contributed by atoms with Crippen molar-refractivity contribution in [3.63, 3.8) is 0 Å². The zero-order chi connectivity index (χ0) is 26.0. The predicted octanol–water partition coefficient (Wildman–Crippen LogP) is 2.89. The normalized spacial score (nSPS) is 18.1. The van der Waals surface area contributed by atoms with E-state index in [1.165, 1.54) is 12.1 Å². The van der Waals surface area contributed by atoms with Crippen LogP contribution in [0.3, 0.4) is 0 Å². The molecule has 1 fully saturated rings. The SMILES string of the molecule is CC1(c2ccccc2)CN(C(=O)c2nc(Cc3ccccc3)n(-c3ccc(S(N)(=O)=O)cc3)n2)CCO1. The molecule has 1 unspecified atom stereocenters. The Morgan fingerprint density at radius 1 is 1.00 bits per heavy atom. The maximum absolute atomic E-state index is 13.6. The summed E-state index contributed by atoms with van der Waals surface area (Å²) in [6.45, 7) is 3.15. The van der Waals surface area contributed by atoms with Crippen molar-refractivity contribution in [2.45, 2.75) is 23.8 Å². The molecule has 5 rings (SSSR count). The van der Waals surface area contributed by atoms with Gasteiger partial charge in [0.05, 0.1) is 23.7 Å². The Morgan fingerprint density at radius 3 is 2.30 bits per heavy atom. The first-order chi connectivity index (χ1) is 17.7. The second-order valence-corrected chi connectivity index (χ2v) is 10.7. The molecule has 10 heteroatoms. The van der Waals surface area contributed by atoms with E-state index in [4.69, 9.17) is 9.88 Å². The Morgan fingerprint density at radius 2 is 1.65 bits per heavy atom. The van der Waals surface area contributed by atoms with E-state index >= 15 is 0 Å². The van der Waals surface area contributed by atoms with E-state index < -0.39 is 15.6 Å². The molecule has 0 spiro atoms. The number of hydrogen-bond donors (Lipinski definition) is 1. The molecule has 9 nitrogen and oxygen atoms in total. The van der Waals surface area contributed by atoms with E-state index in [0.717, 1.165) is 11.1 Å². The second kappa shape index (κ2) is 9.89.